The first kappa shape index (κ1) is 17.8. The van der Waals surface area contributed by atoms with Crippen LogP contribution < -0.4 is 10.1 Å². The molecule has 0 unspecified atom stereocenters. The molecule has 1 N–H and O–H groups in total. The van der Waals surface area contributed by atoms with Crippen LogP contribution >= 0.6 is 0 Å². The maximum atomic E-state index is 13.1. The third kappa shape index (κ3) is 2.93. The molecule has 3 fully saturated rings. The highest BCUT2D eigenvalue weighted by atomic mass is 16.5. The van der Waals surface area contributed by atoms with Gasteiger partial charge in [0.05, 0.1) is 24.3 Å². The predicted octanol–water partition coefficient (Wildman–Crippen LogP) is 1.51. The number of likely N-dealkylation sites (tertiary alicyclic amines) is 1. The number of nitrogens with one attached hydrogen (secondary N) is 1. The molecule has 1 aliphatic carbocycles. The van der Waals surface area contributed by atoms with Gasteiger partial charge in [-0.1, -0.05) is 12.8 Å². The molecule has 0 bridgehead atoms. The van der Waals surface area contributed by atoms with Crippen LogP contribution in [-0.2, 0) is 9.59 Å². The zero-order valence-electron chi connectivity index (χ0n) is 15.3. The molecule has 0 aromatic carbocycles. The number of rotatable bonds is 4. The average molecular weight is 368 g/mol. The third-order valence-corrected chi connectivity index (χ3v) is 6.50. The molecule has 0 radical (unpaired) electrons. The summed E-state index contributed by atoms with van der Waals surface area (Å²) in [5, 5.41) is 12.6. The number of carbonyl (C=O) groups is 2. The second kappa shape index (κ2) is 6.84. The van der Waals surface area contributed by atoms with E-state index in [9.17, 15) is 14.9 Å². The fourth-order valence-corrected chi connectivity index (χ4v) is 4.80. The lowest BCUT2D eigenvalue weighted by Gasteiger charge is -2.30. The summed E-state index contributed by atoms with van der Waals surface area (Å²) in [5.74, 6) is 0.568. The lowest BCUT2D eigenvalue weighted by Crippen LogP contribution is -2.45. The maximum absolute atomic E-state index is 13.1. The van der Waals surface area contributed by atoms with Gasteiger partial charge in [-0.05, 0) is 31.4 Å². The first-order valence-electron chi connectivity index (χ1n) is 9.61. The van der Waals surface area contributed by atoms with Crippen molar-refractivity contribution in [1.82, 2.24) is 15.2 Å². The van der Waals surface area contributed by atoms with Gasteiger partial charge in [-0.25, -0.2) is 0 Å². The molecule has 1 saturated carbocycles. The van der Waals surface area contributed by atoms with E-state index in [1.165, 1.54) is 0 Å². The molecule has 1 spiro atoms. The summed E-state index contributed by atoms with van der Waals surface area (Å²) in [6, 6.07) is 5.92. The number of aromatic nitrogens is 1. The molecule has 1 aromatic rings. The minimum atomic E-state index is -0.887. The Morgan fingerprint density at radius 1 is 1.41 bits per heavy atom. The second-order valence-corrected chi connectivity index (χ2v) is 7.94. The lowest BCUT2D eigenvalue weighted by atomic mass is 9.77. The molecule has 2 aliphatic heterocycles. The largest absolute Gasteiger partial charge is 0.492 e. The quantitative estimate of drug-likeness (QED) is 0.869. The fourth-order valence-electron chi connectivity index (χ4n) is 4.80. The van der Waals surface area contributed by atoms with E-state index in [-0.39, 0.29) is 17.7 Å². The van der Waals surface area contributed by atoms with E-state index in [1.54, 1.807) is 17.3 Å². The van der Waals surface area contributed by atoms with Crippen LogP contribution in [0.25, 0.3) is 0 Å². The van der Waals surface area contributed by atoms with Gasteiger partial charge in [-0.3, -0.25) is 14.6 Å². The topological polar surface area (TPSA) is 95.3 Å². The zero-order chi connectivity index (χ0) is 18.9. The van der Waals surface area contributed by atoms with E-state index < -0.39 is 10.8 Å². The van der Waals surface area contributed by atoms with Crippen molar-refractivity contribution >= 4 is 11.8 Å². The van der Waals surface area contributed by atoms with E-state index in [1.807, 2.05) is 12.1 Å². The standard InChI is InChI=1S/C20H24N4O3/c21-13-19(5-1-2-6-19)18(26)24-9-7-20(14-24)15(10-23-17(20)25)12-27-16-4-3-8-22-11-16/h3-4,8,11,15H,1-2,5-7,9-10,12,14H2,(H,23,25)/t15-,20+/m0/s1. The van der Waals surface area contributed by atoms with Gasteiger partial charge in [0.25, 0.3) is 0 Å². The Kier molecular flexibility index (Phi) is 4.50. The van der Waals surface area contributed by atoms with Crippen molar-refractivity contribution < 1.29 is 14.3 Å². The van der Waals surface area contributed by atoms with Gasteiger partial charge >= 0.3 is 0 Å². The molecule has 3 heterocycles. The van der Waals surface area contributed by atoms with Crippen molar-refractivity contribution in [2.24, 2.45) is 16.7 Å². The van der Waals surface area contributed by atoms with Crippen LogP contribution in [0.4, 0.5) is 0 Å². The SMILES string of the molecule is N#CC1(C(=O)N2CC[C@]3(C2)C(=O)NC[C@H]3COc2cccnc2)CCCC1. The molecule has 1 aromatic heterocycles. The van der Waals surface area contributed by atoms with Crippen LogP contribution in [-0.4, -0.2) is 47.9 Å². The number of pyridine rings is 1. The first-order valence-corrected chi connectivity index (χ1v) is 9.61. The normalized spacial score (nSPS) is 28.9. The van der Waals surface area contributed by atoms with E-state index >= 15 is 0 Å². The Balaban J connectivity index is 1.47. The highest BCUT2D eigenvalue weighted by molar-refractivity contribution is 5.90. The van der Waals surface area contributed by atoms with Crippen molar-refractivity contribution in [2.45, 2.75) is 32.1 Å². The van der Waals surface area contributed by atoms with Crippen LogP contribution in [0, 0.1) is 28.1 Å². The minimum absolute atomic E-state index is 0.00461. The molecule has 142 valence electrons. The molecule has 4 rings (SSSR count). The molecule has 3 aliphatic rings. The van der Waals surface area contributed by atoms with E-state index in [4.69, 9.17) is 4.74 Å². The summed E-state index contributed by atoms with van der Waals surface area (Å²) in [6.45, 7) is 1.85. The van der Waals surface area contributed by atoms with Crippen molar-refractivity contribution in [3.8, 4) is 11.8 Å². The number of amides is 2. The Hall–Kier alpha value is -2.62. The molecule has 2 saturated heterocycles. The predicted molar refractivity (Wildman–Crippen MR) is 96.4 cm³/mol. The van der Waals surface area contributed by atoms with Crippen molar-refractivity contribution in [3.63, 3.8) is 0 Å². The number of hydrogen-bond donors (Lipinski definition) is 1. The summed E-state index contributed by atoms with van der Waals surface area (Å²) in [4.78, 5) is 31.5. The maximum Gasteiger partial charge on any atom is 0.243 e. The molecular weight excluding hydrogens is 344 g/mol. The monoisotopic (exact) mass is 368 g/mol. The van der Waals surface area contributed by atoms with E-state index in [2.05, 4.69) is 16.4 Å². The van der Waals surface area contributed by atoms with Crippen LogP contribution in [0.15, 0.2) is 24.5 Å². The van der Waals surface area contributed by atoms with Crippen molar-refractivity contribution in [2.75, 3.05) is 26.2 Å². The highest BCUT2D eigenvalue weighted by Gasteiger charge is 2.57. The number of nitrogens with zero attached hydrogens (tertiary/aromatic N) is 3. The Morgan fingerprint density at radius 3 is 2.93 bits per heavy atom. The van der Waals surface area contributed by atoms with Gasteiger partial charge in [0, 0.05) is 31.7 Å². The van der Waals surface area contributed by atoms with Crippen LogP contribution in [0.5, 0.6) is 5.75 Å². The molecular formula is C20H24N4O3. The molecule has 7 heteroatoms. The number of carbonyl (C=O) groups excluding carboxylic acids is 2. The van der Waals surface area contributed by atoms with Gasteiger partial charge in [-0.2, -0.15) is 5.26 Å². The van der Waals surface area contributed by atoms with E-state index in [0.29, 0.717) is 51.3 Å². The Morgan fingerprint density at radius 2 is 2.22 bits per heavy atom. The number of hydrogen-bond acceptors (Lipinski definition) is 5. The molecule has 27 heavy (non-hydrogen) atoms. The van der Waals surface area contributed by atoms with Crippen LogP contribution in [0.1, 0.15) is 32.1 Å². The lowest BCUT2D eigenvalue weighted by molar-refractivity contribution is -0.139. The minimum Gasteiger partial charge on any atom is -0.492 e. The number of ether oxygens (including phenoxy) is 1. The summed E-state index contributed by atoms with van der Waals surface area (Å²) >= 11 is 0. The molecule has 2 atom stereocenters. The van der Waals surface area contributed by atoms with Crippen molar-refractivity contribution in [1.29, 1.82) is 5.26 Å². The number of nitriles is 1. The van der Waals surface area contributed by atoms with Crippen molar-refractivity contribution in [3.05, 3.63) is 24.5 Å². The Bertz CT molecular complexity index is 769. The van der Waals surface area contributed by atoms with Crippen LogP contribution in [0.2, 0.25) is 0 Å². The second-order valence-electron chi connectivity index (χ2n) is 7.94. The van der Waals surface area contributed by atoms with Crippen LogP contribution in [0.3, 0.4) is 0 Å². The average Bonchev–Trinajstić information content (AvgIpc) is 3.43. The summed E-state index contributed by atoms with van der Waals surface area (Å²) < 4.78 is 5.85. The van der Waals surface area contributed by atoms with Gasteiger partial charge in [0.2, 0.25) is 11.8 Å². The smallest absolute Gasteiger partial charge is 0.243 e. The molecule has 7 nitrogen and oxygen atoms in total. The zero-order valence-corrected chi connectivity index (χ0v) is 15.3. The third-order valence-electron chi connectivity index (χ3n) is 6.50. The van der Waals surface area contributed by atoms with Gasteiger partial charge in [0.1, 0.15) is 11.2 Å². The highest BCUT2D eigenvalue weighted by Crippen LogP contribution is 2.45. The van der Waals surface area contributed by atoms with Gasteiger partial charge < -0.3 is 15.0 Å². The van der Waals surface area contributed by atoms with Gasteiger partial charge in [0.15, 0.2) is 0 Å². The Labute approximate surface area is 158 Å². The van der Waals surface area contributed by atoms with Gasteiger partial charge in [-0.15, -0.1) is 0 Å². The molecule has 2 amide bonds. The summed E-state index contributed by atoms with van der Waals surface area (Å²) in [7, 11) is 0. The summed E-state index contributed by atoms with van der Waals surface area (Å²) in [5.41, 5.74) is -1.50. The fraction of sp³-hybridized carbons (Fsp3) is 0.600. The first-order chi connectivity index (χ1) is 13.1. The summed E-state index contributed by atoms with van der Waals surface area (Å²) in [6.07, 6.45) is 7.05. The van der Waals surface area contributed by atoms with E-state index in [0.717, 1.165) is 12.8 Å².